The van der Waals surface area contributed by atoms with E-state index >= 15 is 0 Å². The van der Waals surface area contributed by atoms with Crippen LogP contribution in [0.4, 0.5) is 5.69 Å². The van der Waals surface area contributed by atoms with Crippen molar-refractivity contribution in [1.29, 1.82) is 0 Å². The van der Waals surface area contributed by atoms with E-state index < -0.39 is 4.92 Å². The monoisotopic (exact) mass is 448 g/mol. The van der Waals surface area contributed by atoms with Crippen molar-refractivity contribution in [3.8, 4) is 17.2 Å². The van der Waals surface area contributed by atoms with Gasteiger partial charge in [0.25, 0.3) is 0 Å². The van der Waals surface area contributed by atoms with Gasteiger partial charge in [-0.05, 0) is 42.7 Å². The van der Waals surface area contributed by atoms with Gasteiger partial charge in [0.1, 0.15) is 0 Å². The van der Waals surface area contributed by atoms with Crippen LogP contribution in [0.25, 0.3) is 0 Å². The van der Waals surface area contributed by atoms with Crippen LogP contribution in [-0.2, 0) is 10.5 Å². The van der Waals surface area contributed by atoms with Crippen molar-refractivity contribution in [1.82, 2.24) is 5.32 Å². The van der Waals surface area contributed by atoms with Crippen LogP contribution < -0.4 is 19.5 Å². The average Bonchev–Trinajstić information content (AvgIpc) is 2.77. The lowest BCUT2D eigenvalue weighted by Crippen LogP contribution is -2.28. The van der Waals surface area contributed by atoms with Crippen molar-refractivity contribution in [2.24, 2.45) is 0 Å². The molecule has 0 spiro atoms. The number of methoxy groups -OCH3 is 2. The molecule has 0 saturated heterocycles. The first-order valence-corrected chi connectivity index (χ1v) is 11.0. The topological polar surface area (TPSA) is 99.9 Å². The molecule has 1 amide bonds. The summed E-state index contributed by atoms with van der Waals surface area (Å²) in [6, 6.07) is 10.2. The summed E-state index contributed by atoms with van der Waals surface area (Å²) < 4.78 is 16.1. The third-order valence-corrected chi connectivity index (χ3v) is 5.47. The normalized spacial score (nSPS) is 11.5. The number of hydrogen-bond acceptors (Lipinski definition) is 7. The molecule has 1 unspecified atom stereocenters. The zero-order chi connectivity index (χ0) is 22.8. The minimum atomic E-state index is -0.478. The first-order valence-electron chi connectivity index (χ1n) is 9.88. The van der Waals surface area contributed by atoms with Gasteiger partial charge in [0.2, 0.25) is 5.91 Å². The van der Waals surface area contributed by atoms with Crippen LogP contribution in [0.2, 0.25) is 0 Å². The lowest BCUT2D eigenvalue weighted by Gasteiger charge is -2.17. The number of carbonyl (C=O) groups excluding carboxylic acids is 1. The number of carbonyl (C=O) groups is 1. The summed E-state index contributed by atoms with van der Waals surface area (Å²) in [4.78, 5) is 23.0. The highest BCUT2D eigenvalue weighted by molar-refractivity contribution is 7.99. The Hall–Kier alpha value is -2.94. The summed E-state index contributed by atoms with van der Waals surface area (Å²) >= 11 is 1.38. The molecule has 0 aliphatic heterocycles. The van der Waals surface area contributed by atoms with Gasteiger partial charge in [-0.25, -0.2) is 0 Å². The maximum Gasteiger partial charge on any atom is 0.311 e. The van der Waals surface area contributed by atoms with E-state index in [0.717, 1.165) is 17.5 Å². The molecular formula is C22H28N2O6S. The van der Waals surface area contributed by atoms with Gasteiger partial charge in [0.15, 0.2) is 17.2 Å². The Morgan fingerprint density at radius 1 is 1.13 bits per heavy atom. The minimum absolute atomic E-state index is 0.0843. The maximum atomic E-state index is 12.3. The van der Waals surface area contributed by atoms with Gasteiger partial charge < -0.3 is 19.5 Å². The summed E-state index contributed by atoms with van der Waals surface area (Å²) in [6.07, 6.45) is 0.902. The van der Waals surface area contributed by atoms with Crippen LogP contribution >= 0.6 is 11.8 Å². The molecule has 1 N–H and O–H groups in total. The van der Waals surface area contributed by atoms with Crippen LogP contribution in [0.3, 0.4) is 0 Å². The number of thioether (sulfide) groups is 1. The highest BCUT2D eigenvalue weighted by Gasteiger charge is 2.16. The Morgan fingerprint density at radius 3 is 2.48 bits per heavy atom. The van der Waals surface area contributed by atoms with Crippen molar-refractivity contribution in [3.05, 3.63) is 57.6 Å². The third kappa shape index (κ3) is 7.06. The van der Waals surface area contributed by atoms with Gasteiger partial charge in [-0.3, -0.25) is 14.9 Å². The molecule has 0 fully saturated rings. The van der Waals surface area contributed by atoms with E-state index in [-0.39, 0.29) is 29.1 Å². The standard InChI is InChI=1S/C22H28N2O6S/c1-5-10-30-20-9-7-17(12-21(20)29-4)15(2)23-22(25)14-31-13-16-6-8-19(28-3)18(11-16)24(26)27/h6-9,11-12,15H,5,10,13-14H2,1-4H3,(H,23,25). The molecule has 1 atom stereocenters. The Bertz CT molecular complexity index is 906. The van der Waals surface area contributed by atoms with Gasteiger partial charge in [-0.1, -0.05) is 19.1 Å². The molecule has 2 rings (SSSR count). The third-order valence-electron chi connectivity index (χ3n) is 4.47. The van der Waals surface area contributed by atoms with E-state index in [9.17, 15) is 14.9 Å². The van der Waals surface area contributed by atoms with Gasteiger partial charge >= 0.3 is 5.69 Å². The van der Waals surface area contributed by atoms with E-state index in [1.165, 1.54) is 24.9 Å². The fourth-order valence-corrected chi connectivity index (χ4v) is 3.67. The fraction of sp³-hybridized carbons (Fsp3) is 0.409. The van der Waals surface area contributed by atoms with Gasteiger partial charge in [0.05, 0.1) is 37.5 Å². The van der Waals surface area contributed by atoms with Crippen molar-refractivity contribution in [3.63, 3.8) is 0 Å². The molecule has 2 aromatic carbocycles. The number of nitrogens with zero attached hydrogens (tertiary/aromatic N) is 1. The van der Waals surface area contributed by atoms with E-state index in [1.807, 2.05) is 32.0 Å². The number of nitro groups is 1. The van der Waals surface area contributed by atoms with Gasteiger partial charge in [-0.2, -0.15) is 0 Å². The minimum Gasteiger partial charge on any atom is -0.493 e. The molecule has 168 valence electrons. The predicted molar refractivity (Wildman–Crippen MR) is 121 cm³/mol. The molecule has 31 heavy (non-hydrogen) atoms. The Balaban J connectivity index is 1.90. The highest BCUT2D eigenvalue weighted by atomic mass is 32.2. The number of ether oxygens (including phenoxy) is 3. The number of nitro benzene ring substituents is 1. The van der Waals surface area contributed by atoms with Crippen molar-refractivity contribution in [2.75, 3.05) is 26.6 Å². The van der Waals surface area contributed by atoms with Gasteiger partial charge in [0, 0.05) is 11.8 Å². The fourth-order valence-electron chi connectivity index (χ4n) is 2.88. The molecular weight excluding hydrogens is 420 g/mol. The number of hydrogen-bond donors (Lipinski definition) is 1. The number of benzene rings is 2. The van der Waals surface area contributed by atoms with Crippen molar-refractivity contribution < 1.29 is 23.9 Å². The first-order chi connectivity index (χ1) is 14.9. The number of rotatable bonds is 12. The first kappa shape index (κ1) is 24.3. The van der Waals surface area contributed by atoms with E-state index in [2.05, 4.69) is 5.32 Å². The van der Waals surface area contributed by atoms with Crippen LogP contribution in [0.1, 0.15) is 37.4 Å². The Kier molecular flexibility index (Phi) is 9.45. The lowest BCUT2D eigenvalue weighted by molar-refractivity contribution is -0.385. The van der Waals surface area contributed by atoms with Crippen LogP contribution in [-0.4, -0.2) is 37.4 Å². The second-order valence-corrected chi connectivity index (χ2v) is 7.79. The largest absolute Gasteiger partial charge is 0.493 e. The van der Waals surface area contributed by atoms with Gasteiger partial charge in [-0.15, -0.1) is 11.8 Å². The predicted octanol–water partition coefficient (Wildman–Crippen LogP) is 4.51. The molecule has 2 aromatic rings. The molecule has 0 aromatic heterocycles. The van der Waals surface area contributed by atoms with Crippen molar-refractivity contribution >= 4 is 23.4 Å². The highest BCUT2D eigenvalue weighted by Crippen LogP contribution is 2.31. The molecule has 0 aliphatic rings. The molecule has 0 aliphatic carbocycles. The Labute approximate surface area is 186 Å². The molecule has 0 radical (unpaired) electrons. The zero-order valence-corrected chi connectivity index (χ0v) is 19.0. The molecule has 0 saturated carbocycles. The molecule has 9 heteroatoms. The lowest BCUT2D eigenvalue weighted by atomic mass is 10.1. The molecule has 8 nitrogen and oxygen atoms in total. The second-order valence-electron chi connectivity index (χ2n) is 6.80. The quantitative estimate of drug-likeness (QED) is 0.377. The van der Waals surface area contributed by atoms with E-state index in [0.29, 0.717) is 23.9 Å². The maximum absolute atomic E-state index is 12.3. The Morgan fingerprint density at radius 2 is 1.84 bits per heavy atom. The van der Waals surface area contributed by atoms with Crippen LogP contribution in [0.15, 0.2) is 36.4 Å². The number of nitrogens with one attached hydrogen (secondary N) is 1. The zero-order valence-electron chi connectivity index (χ0n) is 18.2. The average molecular weight is 449 g/mol. The summed E-state index contributed by atoms with van der Waals surface area (Å²) in [5.74, 6) is 2.11. The van der Waals surface area contributed by atoms with Crippen LogP contribution in [0.5, 0.6) is 17.2 Å². The second kappa shape index (κ2) is 12.0. The number of amides is 1. The van der Waals surface area contributed by atoms with Crippen molar-refractivity contribution in [2.45, 2.75) is 32.1 Å². The summed E-state index contributed by atoms with van der Waals surface area (Å²) in [5.41, 5.74) is 1.58. The molecule has 0 heterocycles. The van der Waals surface area contributed by atoms with E-state index in [4.69, 9.17) is 14.2 Å². The summed E-state index contributed by atoms with van der Waals surface area (Å²) in [7, 11) is 2.98. The van der Waals surface area contributed by atoms with E-state index in [1.54, 1.807) is 19.2 Å². The SMILES string of the molecule is CCCOc1ccc(C(C)NC(=O)CSCc2ccc(OC)c([N+](=O)[O-])c2)cc1OC. The smallest absolute Gasteiger partial charge is 0.311 e. The summed E-state index contributed by atoms with van der Waals surface area (Å²) in [5, 5.41) is 14.1. The summed E-state index contributed by atoms with van der Waals surface area (Å²) in [6.45, 7) is 4.54. The van der Waals surface area contributed by atoms with Crippen LogP contribution in [0, 0.1) is 10.1 Å². The molecule has 0 bridgehead atoms.